The third-order valence-electron chi connectivity index (χ3n) is 4.99. The quantitative estimate of drug-likeness (QED) is 0.701. The van der Waals surface area contributed by atoms with E-state index >= 15 is 0 Å². The van der Waals surface area contributed by atoms with Crippen molar-refractivity contribution in [2.75, 3.05) is 46.3 Å². The van der Waals surface area contributed by atoms with Crippen molar-refractivity contribution in [3.05, 3.63) is 0 Å². The summed E-state index contributed by atoms with van der Waals surface area (Å²) in [7, 11) is 2.08. The van der Waals surface area contributed by atoms with Gasteiger partial charge in [-0.3, -0.25) is 9.59 Å². The van der Waals surface area contributed by atoms with Gasteiger partial charge in [0.2, 0.25) is 11.8 Å². The molecule has 1 N–H and O–H groups in total. The zero-order chi connectivity index (χ0) is 14.3. The zero-order valence-electron chi connectivity index (χ0n) is 12.7. The van der Waals surface area contributed by atoms with Crippen LogP contribution in [0.15, 0.2) is 0 Å². The molecular weight excluding hydrogens is 292 g/mol. The fourth-order valence-corrected chi connectivity index (χ4v) is 3.83. The van der Waals surface area contributed by atoms with Gasteiger partial charge in [0, 0.05) is 52.2 Å². The normalized spacial score (nSPS) is 32.8. The molecule has 3 fully saturated rings. The summed E-state index contributed by atoms with van der Waals surface area (Å²) >= 11 is 0. The average molecular weight is 317 g/mol. The number of carbonyl (C=O) groups excluding carboxylic acids is 2. The largest absolute Gasteiger partial charge is 0.338 e. The van der Waals surface area contributed by atoms with E-state index in [0.717, 1.165) is 45.7 Å². The smallest absolute Gasteiger partial charge is 0.245 e. The maximum Gasteiger partial charge on any atom is 0.245 e. The molecule has 3 aliphatic heterocycles. The van der Waals surface area contributed by atoms with Crippen LogP contribution in [0.25, 0.3) is 0 Å². The Kier molecular flexibility index (Phi) is 5.11. The van der Waals surface area contributed by atoms with E-state index in [4.69, 9.17) is 0 Å². The van der Waals surface area contributed by atoms with Crippen molar-refractivity contribution >= 4 is 24.2 Å². The van der Waals surface area contributed by atoms with Crippen LogP contribution in [0.1, 0.15) is 13.3 Å². The predicted molar refractivity (Wildman–Crippen MR) is 82.4 cm³/mol. The van der Waals surface area contributed by atoms with Crippen LogP contribution < -0.4 is 5.32 Å². The van der Waals surface area contributed by atoms with Gasteiger partial charge in [-0.1, -0.05) is 0 Å². The molecule has 0 bridgehead atoms. The van der Waals surface area contributed by atoms with Gasteiger partial charge in [0.15, 0.2) is 0 Å². The van der Waals surface area contributed by atoms with Crippen LogP contribution in [0, 0.1) is 5.92 Å². The lowest BCUT2D eigenvalue weighted by molar-refractivity contribution is -0.145. The van der Waals surface area contributed by atoms with Gasteiger partial charge in [0.25, 0.3) is 0 Å². The second kappa shape index (κ2) is 6.50. The van der Waals surface area contributed by atoms with Crippen LogP contribution in [0.4, 0.5) is 0 Å². The van der Waals surface area contributed by atoms with E-state index in [1.165, 1.54) is 0 Å². The Bertz CT molecular complexity index is 412. The van der Waals surface area contributed by atoms with Crippen LogP contribution in [0.3, 0.4) is 0 Å². The van der Waals surface area contributed by atoms with Crippen LogP contribution in [-0.2, 0) is 9.59 Å². The molecule has 0 saturated carbocycles. The van der Waals surface area contributed by atoms with E-state index < -0.39 is 0 Å². The molecule has 3 saturated heterocycles. The standard InChI is InChI=1S/C14H24N4O2.ClH/c1-10(19)18-12(7-11-8-15-9-13(11)18)14(20)17-5-3-16(2)4-6-17;/h11-13,15H,3-9H2,1-2H3;1H/t11-,12-,13+;/m0./s1. The van der Waals surface area contributed by atoms with E-state index in [9.17, 15) is 9.59 Å². The molecule has 3 rings (SSSR count). The highest BCUT2D eigenvalue weighted by Gasteiger charge is 2.48. The Labute approximate surface area is 132 Å². The van der Waals surface area contributed by atoms with Gasteiger partial charge in [-0.25, -0.2) is 0 Å². The Morgan fingerprint density at radius 3 is 2.38 bits per heavy atom. The molecule has 2 amide bonds. The highest BCUT2D eigenvalue weighted by atomic mass is 35.5. The van der Waals surface area contributed by atoms with E-state index in [1.807, 2.05) is 9.80 Å². The highest BCUT2D eigenvalue weighted by Crippen LogP contribution is 2.33. The van der Waals surface area contributed by atoms with Crippen molar-refractivity contribution in [3.63, 3.8) is 0 Å². The Morgan fingerprint density at radius 1 is 1.10 bits per heavy atom. The van der Waals surface area contributed by atoms with Crippen molar-refractivity contribution in [1.82, 2.24) is 20.0 Å². The van der Waals surface area contributed by atoms with Crippen LogP contribution >= 0.6 is 12.4 Å². The third-order valence-corrected chi connectivity index (χ3v) is 4.99. The molecule has 0 unspecified atom stereocenters. The van der Waals surface area contributed by atoms with Crippen molar-refractivity contribution < 1.29 is 9.59 Å². The number of hydrogen-bond donors (Lipinski definition) is 1. The van der Waals surface area contributed by atoms with Gasteiger partial charge in [-0.2, -0.15) is 0 Å². The van der Waals surface area contributed by atoms with E-state index in [-0.39, 0.29) is 36.3 Å². The minimum absolute atomic E-state index is 0. The van der Waals surface area contributed by atoms with Gasteiger partial charge < -0.3 is 20.0 Å². The van der Waals surface area contributed by atoms with Gasteiger partial charge in [0.1, 0.15) is 6.04 Å². The average Bonchev–Trinajstić information content (AvgIpc) is 2.97. The Hall–Kier alpha value is -0.850. The molecule has 120 valence electrons. The lowest BCUT2D eigenvalue weighted by Gasteiger charge is -2.36. The molecule has 0 aromatic rings. The first kappa shape index (κ1) is 16.5. The lowest BCUT2D eigenvalue weighted by atomic mass is 10.0. The summed E-state index contributed by atoms with van der Waals surface area (Å²) in [5, 5.41) is 3.33. The first-order valence-electron chi connectivity index (χ1n) is 7.55. The number of halogens is 1. The fraction of sp³-hybridized carbons (Fsp3) is 0.857. The maximum atomic E-state index is 12.7. The highest BCUT2D eigenvalue weighted by molar-refractivity contribution is 5.88. The molecule has 7 heteroatoms. The second-order valence-corrected chi connectivity index (χ2v) is 6.29. The summed E-state index contributed by atoms with van der Waals surface area (Å²) in [6, 6.07) is -0.0121. The van der Waals surface area contributed by atoms with Gasteiger partial charge in [-0.05, 0) is 19.4 Å². The Balaban J connectivity index is 0.00000161. The number of likely N-dealkylation sites (N-methyl/N-ethyl adjacent to an activating group) is 1. The minimum Gasteiger partial charge on any atom is -0.338 e. The molecular formula is C14H25ClN4O2. The van der Waals surface area contributed by atoms with Crippen molar-refractivity contribution in [2.24, 2.45) is 5.92 Å². The number of likely N-dealkylation sites (tertiary alicyclic amines) is 1. The first-order valence-corrected chi connectivity index (χ1v) is 7.55. The number of nitrogens with one attached hydrogen (secondary N) is 1. The molecule has 3 atom stereocenters. The minimum atomic E-state index is -0.229. The monoisotopic (exact) mass is 316 g/mol. The number of rotatable bonds is 1. The van der Waals surface area contributed by atoms with Gasteiger partial charge in [-0.15, -0.1) is 12.4 Å². The summed E-state index contributed by atoms with van der Waals surface area (Å²) in [4.78, 5) is 30.7. The van der Waals surface area contributed by atoms with E-state index in [0.29, 0.717) is 5.92 Å². The van der Waals surface area contributed by atoms with Crippen LogP contribution in [0.2, 0.25) is 0 Å². The molecule has 0 aromatic carbocycles. The molecule has 3 aliphatic rings. The Morgan fingerprint density at radius 2 is 1.76 bits per heavy atom. The summed E-state index contributed by atoms with van der Waals surface area (Å²) < 4.78 is 0. The molecule has 0 spiro atoms. The van der Waals surface area contributed by atoms with Crippen LogP contribution in [-0.4, -0.2) is 84.9 Å². The van der Waals surface area contributed by atoms with E-state index in [1.54, 1.807) is 6.92 Å². The molecule has 0 aliphatic carbocycles. The number of hydrogen-bond acceptors (Lipinski definition) is 4. The van der Waals surface area contributed by atoms with Crippen LogP contribution in [0.5, 0.6) is 0 Å². The molecule has 0 aromatic heterocycles. The summed E-state index contributed by atoms with van der Waals surface area (Å²) in [6.07, 6.45) is 0.822. The molecule has 3 heterocycles. The maximum absolute atomic E-state index is 12.7. The van der Waals surface area contributed by atoms with Gasteiger partial charge >= 0.3 is 0 Å². The predicted octanol–water partition coefficient (Wildman–Crippen LogP) is -0.609. The van der Waals surface area contributed by atoms with Crippen molar-refractivity contribution in [1.29, 1.82) is 0 Å². The first-order chi connectivity index (χ1) is 9.58. The SMILES string of the molecule is CC(=O)N1[C@@H]2CNC[C@@H]2C[C@H]1C(=O)N1CCN(C)CC1.Cl. The van der Waals surface area contributed by atoms with Crippen molar-refractivity contribution in [3.8, 4) is 0 Å². The van der Waals surface area contributed by atoms with E-state index in [2.05, 4.69) is 17.3 Å². The van der Waals surface area contributed by atoms with Gasteiger partial charge in [0.05, 0.1) is 0 Å². The number of amides is 2. The molecule has 0 radical (unpaired) electrons. The second-order valence-electron chi connectivity index (χ2n) is 6.29. The third kappa shape index (κ3) is 3.03. The zero-order valence-corrected chi connectivity index (χ0v) is 13.6. The molecule has 21 heavy (non-hydrogen) atoms. The fourth-order valence-electron chi connectivity index (χ4n) is 3.83. The number of carbonyl (C=O) groups is 2. The summed E-state index contributed by atoms with van der Waals surface area (Å²) in [5.74, 6) is 0.636. The topological polar surface area (TPSA) is 55.9 Å². The summed E-state index contributed by atoms with van der Waals surface area (Å²) in [6.45, 7) is 6.76. The number of piperazine rings is 1. The number of fused-ring (bicyclic) bond motifs is 1. The van der Waals surface area contributed by atoms with Crippen molar-refractivity contribution in [2.45, 2.75) is 25.4 Å². The lowest BCUT2D eigenvalue weighted by Crippen LogP contribution is -2.55. The molecule has 6 nitrogen and oxygen atoms in total. The number of nitrogens with zero attached hydrogens (tertiary/aromatic N) is 3. The summed E-state index contributed by atoms with van der Waals surface area (Å²) in [5.41, 5.74) is 0.